The van der Waals surface area contributed by atoms with Gasteiger partial charge in [-0.2, -0.15) is 4.52 Å². The van der Waals surface area contributed by atoms with Gasteiger partial charge in [0.05, 0.1) is 7.11 Å². The van der Waals surface area contributed by atoms with E-state index in [2.05, 4.69) is 27.5 Å². The fraction of sp³-hybridized carbons (Fsp3) is 0.524. The summed E-state index contributed by atoms with van der Waals surface area (Å²) < 4.78 is 6.89. The fourth-order valence-corrected chi connectivity index (χ4v) is 4.74. The number of benzene rings is 1. The number of fused-ring (bicyclic) bond motifs is 1. The van der Waals surface area contributed by atoms with Crippen LogP contribution in [0.15, 0.2) is 24.3 Å². The smallest absolute Gasteiger partial charge is 0.236 e. The summed E-state index contributed by atoms with van der Waals surface area (Å²) in [6.07, 6.45) is 8.11. The highest BCUT2D eigenvalue weighted by atomic mass is 32.1. The Bertz CT molecular complexity index is 957. The molecule has 1 fully saturated rings. The Morgan fingerprint density at radius 2 is 1.97 bits per heavy atom. The van der Waals surface area contributed by atoms with Crippen molar-refractivity contribution in [3.05, 3.63) is 24.3 Å². The van der Waals surface area contributed by atoms with Crippen molar-refractivity contribution in [1.29, 1.82) is 0 Å². The summed E-state index contributed by atoms with van der Waals surface area (Å²) in [7, 11) is 1.64. The van der Waals surface area contributed by atoms with Crippen LogP contribution in [-0.2, 0) is 4.79 Å². The van der Waals surface area contributed by atoms with E-state index in [-0.39, 0.29) is 11.8 Å². The minimum absolute atomic E-state index is 0.0786. The average Bonchev–Trinajstić information content (AvgIpc) is 3.33. The van der Waals surface area contributed by atoms with Gasteiger partial charge < -0.3 is 10.1 Å². The van der Waals surface area contributed by atoms with E-state index in [1.807, 2.05) is 24.3 Å². The molecule has 0 radical (unpaired) electrons. The van der Waals surface area contributed by atoms with E-state index in [9.17, 15) is 4.79 Å². The van der Waals surface area contributed by atoms with E-state index in [1.54, 1.807) is 11.6 Å². The molecule has 2 aromatic heterocycles. The lowest BCUT2D eigenvalue weighted by Crippen LogP contribution is -2.27. The van der Waals surface area contributed by atoms with Crippen LogP contribution in [-0.4, -0.2) is 32.8 Å². The number of anilines is 1. The van der Waals surface area contributed by atoms with Crippen molar-refractivity contribution >= 4 is 27.3 Å². The SMILES string of the molecule is CCCCC1CCC(C(=O)Nc2nn3c(-c4ccc(OC)cc4)nnc3s2)CC1. The van der Waals surface area contributed by atoms with Crippen LogP contribution in [0.3, 0.4) is 0 Å². The molecule has 0 bridgehead atoms. The van der Waals surface area contributed by atoms with Crippen LogP contribution in [0.5, 0.6) is 5.75 Å². The number of rotatable bonds is 7. The minimum atomic E-state index is 0.0786. The number of carbonyl (C=O) groups excluding carboxylic acids is 1. The van der Waals surface area contributed by atoms with Crippen molar-refractivity contribution < 1.29 is 9.53 Å². The first kappa shape index (κ1) is 19.8. The molecule has 1 saturated carbocycles. The molecule has 7 nitrogen and oxygen atoms in total. The first-order valence-electron chi connectivity index (χ1n) is 10.4. The van der Waals surface area contributed by atoms with Crippen molar-refractivity contribution in [3.8, 4) is 17.1 Å². The van der Waals surface area contributed by atoms with E-state index in [4.69, 9.17) is 4.74 Å². The number of carbonyl (C=O) groups is 1. The summed E-state index contributed by atoms with van der Waals surface area (Å²) in [5.74, 6) is 2.39. The zero-order valence-corrected chi connectivity index (χ0v) is 17.7. The monoisotopic (exact) mass is 413 g/mol. The summed E-state index contributed by atoms with van der Waals surface area (Å²) in [6.45, 7) is 2.24. The first-order valence-corrected chi connectivity index (χ1v) is 11.2. The molecule has 0 saturated heterocycles. The molecule has 4 rings (SSSR count). The Morgan fingerprint density at radius 1 is 1.21 bits per heavy atom. The second-order valence-electron chi connectivity index (χ2n) is 7.70. The van der Waals surface area contributed by atoms with Gasteiger partial charge in [0.2, 0.25) is 16.0 Å². The molecule has 0 aliphatic heterocycles. The Labute approximate surface area is 174 Å². The van der Waals surface area contributed by atoms with Gasteiger partial charge in [0.25, 0.3) is 0 Å². The number of amides is 1. The summed E-state index contributed by atoms with van der Waals surface area (Å²) >= 11 is 1.35. The Balaban J connectivity index is 1.41. The quantitative estimate of drug-likeness (QED) is 0.602. The molecule has 0 spiro atoms. The summed E-state index contributed by atoms with van der Waals surface area (Å²) in [6, 6.07) is 7.60. The van der Waals surface area contributed by atoms with Gasteiger partial charge in [0.15, 0.2) is 5.82 Å². The lowest BCUT2D eigenvalue weighted by atomic mass is 9.79. The van der Waals surface area contributed by atoms with Gasteiger partial charge in [-0.3, -0.25) is 4.79 Å². The van der Waals surface area contributed by atoms with Crippen molar-refractivity contribution in [2.24, 2.45) is 11.8 Å². The Hall–Kier alpha value is -2.48. The van der Waals surface area contributed by atoms with Crippen LogP contribution in [0, 0.1) is 11.8 Å². The molecular weight excluding hydrogens is 386 g/mol. The molecule has 2 heterocycles. The second kappa shape index (κ2) is 8.90. The standard InChI is InChI=1S/C21H27N5O2S/c1-3-4-5-14-6-8-16(9-7-14)19(27)22-20-25-26-18(23-24-21(26)29-20)15-10-12-17(28-2)13-11-15/h10-14,16H,3-9H2,1-2H3,(H,22,25,27). The van der Waals surface area contributed by atoms with Crippen LogP contribution in [0.2, 0.25) is 0 Å². The number of nitrogens with zero attached hydrogens (tertiary/aromatic N) is 4. The number of hydrogen-bond donors (Lipinski definition) is 1. The number of aromatic nitrogens is 4. The summed E-state index contributed by atoms with van der Waals surface area (Å²) in [4.78, 5) is 13.4. The van der Waals surface area contributed by atoms with Gasteiger partial charge >= 0.3 is 0 Å². The largest absolute Gasteiger partial charge is 0.497 e. The van der Waals surface area contributed by atoms with Gasteiger partial charge in [0.1, 0.15) is 5.75 Å². The lowest BCUT2D eigenvalue weighted by molar-refractivity contribution is -0.121. The van der Waals surface area contributed by atoms with E-state index in [0.29, 0.717) is 15.9 Å². The van der Waals surface area contributed by atoms with Gasteiger partial charge in [-0.25, -0.2) is 0 Å². The number of methoxy groups -OCH3 is 1. The number of ether oxygens (including phenoxy) is 1. The maximum absolute atomic E-state index is 12.7. The van der Waals surface area contributed by atoms with Crippen molar-refractivity contribution in [3.63, 3.8) is 0 Å². The maximum atomic E-state index is 12.7. The van der Waals surface area contributed by atoms with E-state index in [1.165, 1.54) is 30.6 Å². The minimum Gasteiger partial charge on any atom is -0.497 e. The molecule has 1 amide bonds. The van der Waals surface area contributed by atoms with Crippen LogP contribution in [0.4, 0.5) is 5.13 Å². The third-order valence-electron chi connectivity index (χ3n) is 5.75. The molecule has 154 valence electrons. The average molecular weight is 414 g/mol. The molecule has 1 aliphatic rings. The Kier molecular flexibility index (Phi) is 6.08. The second-order valence-corrected chi connectivity index (χ2v) is 8.66. The van der Waals surface area contributed by atoms with Crippen LogP contribution < -0.4 is 10.1 Å². The predicted octanol–water partition coefficient (Wildman–Crippen LogP) is 4.80. The van der Waals surface area contributed by atoms with Crippen LogP contribution >= 0.6 is 11.3 Å². The topological polar surface area (TPSA) is 81.4 Å². The van der Waals surface area contributed by atoms with Crippen LogP contribution in [0.1, 0.15) is 51.9 Å². The van der Waals surface area contributed by atoms with Gasteiger partial charge in [-0.05, 0) is 55.9 Å². The number of nitrogens with one attached hydrogen (secondary N) is 1. The van der Waals surface area contributed by atoms with Crippen molar-refractivity contribution in [2.45, 2.75) is 51.9 Å². The lowest BCUT2D eigenvalue weighted by Gasteiger charge is -2.27. The molecule has 3 aromatic rings. The van der Waals surface area contributed by atoms with Gasteiger partial charge in [-0.1, -0.05) is 37.5 Å². The van der Waals surface area contributed by atoms with Crippen molar-refractivity contribution in [1.82, 2.24) is 19.8 Å². The first-order chi connectivity index (χ1) is 14.2. The fourth-order valence-electron chi connectivity index (χ4n) is 4.00. The van der Waals surface area contributed by atoms with Crippen LogP contribution in [0.25, 0.3) is 16.3 Å². The molecule has 1 aliphatic carbocycles. The van der Waals surface area contributed by atoms with E-state index in [0.717, 1.165) is 42.9 Å². The van der Waals surface area contributed by atoms with E-state index < -0.39 is 0 Å². The highest BCUT2D eigenvalue weighted by Gasteiger charge is 2.27. The zero-order valence-electron chi connectivity index (χ0n) is 16.9. The molecule has 1 aromatic carbocycles. The summed E-state index contributed by atoms with van der Waals surface area (Å²) in [5, 5.41) is 16.5. The Morgan fingerprint density at radius 3 is 2.66 bits per heavy atom. The van der Waals surface area contributed by atoms with Crippen molar-refractivity contribution in [2.75, 3.05) is 12.4 Å². The molecule has 0 unspecified atom stereocenters. The third-order valence-corrected chi connectivity index (χ3v) is 6.57. The normalized spacial score (nSPS) is 19.4. The zero-order chi connectivity index (χ0) is 20.2. The molecule has 0 atom stereocenters. The molecular formula is C21H27N5O2S. The maximum Gasteiger partial charge on any atom is 0.236 e. The number of unbranched alkanes of at least 4 members (excludes halogenated alkanes) is 1. The highest BCUT2D eigenvalue weighted by molar-refractivity contribution is 7.20. The van der Waals surface area contributed by atoms with Gasteiger partial charge in [0, 0.05) is 11.5 Å². The predicted molar refractivity (Wildman–Crippen MR) is 114 cm³/mol. The van der Waals surface area contributed by atoms with E-state index >= 15 is 0 Å². The van der Waals surface area contributed by atoms with Gasteiger partial charge in [-0.15, -0.1) is 15.3 Å². The molecule has 1 N–H and O–H groups in total. The molecule has 29 heavy (non-hydrogen) atoms. The number of hydrogen-bond acceptors (Lipinski definition) is 6. The molecule has 8 heteroatoms. The highest BCUT2D eigenvalue weighted by Crippen LogP contribution is 2.33. The third kappa shape index (κ3) is 4.42. The summed E-state index contributed by atoms with van der Waals surface area (Å²) in [5.41, 5.74) is 0.895.